The first-order valence-electron chi connectivity index (χ1n) is 12.0. The van der Waals surface area contributed by atoms with Crippen molar-refractivity contribution in [3.05, 3.63) is 78.1 Å². The normalized spacial score (nSPS) is 14.3. The molecule has 2 aromatic heterocycles. The second-order valence-electron chi connectivity index (χ2n) is 9.04. The van der Waals surface area contributed by atoms with Crippen LogP contribution in [-0.2, 0) is 14.8 Å². The summed E-state index contributed by atoms with van der Waals surface area (Å²) in [6.07, 6.45) is 3.99. The number of nitrogens with zero attached hydrogens (tertiary/aromatic N) is 3. The zero-order valence-corrected chi connectivity index (χ0v) is 22.2. The highest BCUT2D eigenvalue weighted by molar-refractivity contribution is 7.92. The number of benzene rings is 2. The van der Waals surface area contributed by atoms with Gasteiger partial charge in [0.15, 0.2) is 10.9 Å². The average molecular weight is 592 g/mol. The molecular weight excluding hydrogens is 570 g/mol. The molecule has 1 amide bonds. The van der Waals surface area contributed by atoms with Crippen molar-refractivity contribution < 1.29 is 30.8 Å². The number of piperidine rings is 1. The molecule has 3 N–H and O–H groups in total. The van der Waals surface area contributed by atoms with Crippen molar-refractivity contribution in [3.8, 4) is 21.7 Å². The first-order valence-corrected chi connectivity index (χ1v) is 14.3. The molecule has 208 valence electrons. The first kappa shape index (κ1) is 27.5. The SMILES string of the molecule is NC(=O)C1CCN(c2nc(-c3c(F)ccc(NS(=O)(=O)c4cc(F)ccc4F)c3F)c(-c3ccncc3)s2)CC1. The molecule has 0 radical (unpaired) electrons. The molecule has 1 saturated heterocycles. The minimum Gasteiger partial charge on any atom is -0.369 e. The van der Waals surface area contributed by atoms with E-state index < -0.39 is 55.3 Å². The molecule has 4 aromatic rings. The average Bonchev–Trinajstić information content (AvgIpc) is 3.37. The quantitative estimate of drug-likeness (QED) is 0.294. The van der Waals surface area contributed by atoms with Crippen LogP contribution >= 0.6 is 11.3 Å². The molecule has 0 unspecified atom stereocenters. The second kappa shape index (κ2) is 10.8. The fourth-order valence-electron chi connectivity index (χ4n) is 4.40. The third kappa shape index (κ3) is 5.36. The van der Waals surface area contributed by atoms with Crippen molar-refractivity contribution in [1.82, 2.24) is 9.97 Å². The van der Waals surface area contributed by atoms with Gasteiger partial charge in [-0.3, -0.25) is 14.5 Å². The number of hydrogen-bond donors (Lipinski definition) is 2. The van der Waals surface area contributed by atoms with Gasteiger partial charge in [0.05, 0.1) is 21.8 Å². The van der Waals surface area contributed by atoms with Gasteiger partial charge in [-0.2, -0.15) is 0 Å². The monoisotopic (exact) mass is 591 g/mol. The smallest absolute Gasteiger partial charge is 0.265 e. The van der Waals surface area contributed by atoms with Crippen LogP contribution in [0, 0.1) is 29.2 Å². The number of aromatic nitrogens is 2. The van der Waals surface area contributed by atoms with Crippen molar-refractivity contribution in [2.45, 2.75) is 17.7 Å². The van der Waals surface area contributed by atoms with Crippen LogP contribution in [0.15, 0.2) is 59.8 Å². The van der Waals surface area contributed by atoms with Crippen LogP contribution in [0.2, 0.25) is 0 Å². The van der Waals surface area contributed by atoms with Crippen molar-refractivity contribution in [2.24, 2.45) is 11.7 Å². The largest absolute Gasteiger partial charge is 0.369 e. The number of primary amides is 1. The molecule has 8 nitrogen and oxygen atoms in total. The van der Waals surface area contributed by atoms with Crippen LogP contribution < -0.4 is 15.4 Å². The molecule has 0 saturated carbocycles. The molecule has 3 heterocycles. The van der Waals surface area contributed by atoms with E-state index in [1.807, 2.05) is 9.62 Å². The summed E-state index contributed by atoms with van der Waals surface area (Å²) in [7, 11) is -4.79. The Morgan fingerprint density at radius 2 is 1.68 bits per heavy atom. The second-order valence-corrected chi connectivity index (χ2v) is 11.7. The number of thiazole rings is 1. The summed E-state index contributed by atoms with van der Waals surface area (Å²) < 4.78 is 86.4. The topological polar surface area (TPSA) is 118 Å². The van der Waals surface area contributed by atoms with E-state index in [0.29, 0.717) is 53.6 Å². The number of anilines is 2. The molecule has 40 heavy (non-hydrogen) atoms. The number of nitrogens with one attached hydrogen (secondary N) is 1. The van der Waals surface area contributed by atoms with Gasteiger partial charge in [0.2, 0.25) is 5.91 Å². The summed E-state index contributed by atoms with van der Waals surface area (Å²) in [4.78, 5) is 21.3. The van der Waals surface area contributed by atoms with E-state index in [9.17, 15) is 22.0 Å². The van der Waals surface area contributed by atoms with Crippen molar-refractivity contribution >= 4 is 38.1 Å². The number of hydrogen-bond acceptors (Lipinski definition) is 7. The maximum absolute atomic E-state index is 15.9. The molecule has 0 aliphatic carbocycles. The van der Waals surface area contributed by atoms with E-state index in [4.69, 9.17) is 5.73 Å². The Balaban J connectivity index is 1.58. The predicted molar refractivity (Wildman–Crippen MR) is 142 cm³/mol. The summed E-state index contributed by atoms with van der Waals surface area (Å²) in [5, 5.41) is 0.441. The van der Waals surface area contributed by atoms with Gasteiger partial charge in [-0.25, -0.2) is 31.0 Å². The van der Waals surface area contributed by atoms with Gasteiger partial charge in [0, 0.05) is 31.4 Å². The van der Waals surface area contributed by atoms with Crippen molar-refractivity contribution in [1.29, 1.82) is 0 Å². The fraction of sp³-hybridized carbons (Fsp3) is 0.192. The van der Waals surface area contributed by atoms with E-state index in [0.717, 1.165) is 18.2 Å². The van der Waals surface area contributed by atoms with E-state index >= 15 is 8.78 Å². The number of carbonyl (C=O) groups is 1. The highest BCUT2D eigenvalue weighted by Crippen LogP contribution is 2.44. The Bertz CT molecular complexity index is 1690. The Kier molecular flexibility index (Phi) is 7.47. The van der Waals surface area contributed by atoms with Gasteiger partial charge in [0.25, 0.3) is 10.0 Å². The third-order valence-corrected chi connectivity index (χ3v) is 9.03. The maximum atomic E-state index is 15.9. The zero-order chi connectivity index (χ0) is 28.6. The lowest BCUT2D eigenvalue weighted by atomic mass is 9.97. The van der Waals surface area contributed by atoms with Crippen LogP contribution in [0.5, 0.6) is 0 Å². The minimum atomic E-state index is -4.79. The third-order valence-electron chi connectivity index (χ3n) is 6.48. The molecule has 5 rings (SSSR count). The van der Waals surface area contributed by atoms with Gasteiger partial charge in [0.1, 0.15) is 22.3 Å². The Morgan fingerprint density at radius 1 is 1.00 bits per heavy atom. The van der Waals surface area contributed by atoms with Crippen LogP contribution in [0.25, 0.3) is 21.7 Å². The first-order chi connectivity index (χ1) is 19.0. The lowest BCUT2D eigenvalue weighted by molar-refractivity contribution is -0.122. The van der Waals surface area contributed by atoms with Crippen LogP contribution in [-0.4, -0.2) is 37.4 Å². The highest BCUT2D eigenvalue weighted by atomic mass is 32.2. The number of sulfonamides is 1. The summed E-state index contributed by atoms with van der Waals surface area (Å²) in [6, 6.07) is 6.78. The molecule has 1 fully saturated rings. The minimum absolute atomic E-state index is 0.0868. The number of nitrogens with two attached hydrogens (primary N) is 1. The van der Waals surface area contributed by atoms with Gasteiger partial charge >= 0.3 is 0 Å². The molecule has 1 aliphatic heterocycles. The van der Waals surface area contributed by atoms with Gasteiger partial charge in [-0.05, 0) is 60.9 Å². The van der Waals surface area contributed by atoms with E-state index in [-0.39, 0.29) is 11.6 Å². The van der Waals surface area contributed by atoms with Gasteiger partial charge in [-0.15, -0.1) is 0 Å². The molecular formula is C26H21F4N5O3S2. The predicted octanol–water partition coefficient (Wildman–Crippen LogP) is 4.93. The summed E-state index contributed by atoms with van der Waals surface area (Å²) >= 11 is 1.17. The Hall–Kier alpha value is -4.04. The lowest BCUT2D eigenvalue weighted by Crippen LogP contribution is -2.38. The lowest BCUT2D eigenvalue weighted by Gasteiger charge is -2.30. The summed E-state index contributed by atoms with van der Waals surface area (Å²) in [5.74, 6) is -5.24. The number of pyridine rings is 1. The van der Waals surface area contributed by atoms with E-state index in [1.54, 1.807) is 12.1 Å². The fourth-order valence-corrected chi connectivity index (χ4v) is 6.68. The Morgan fingerprint density at radius 3 is 2.35 bits per heavy atom. The van der Waals surface area contributed by atoms with E-state index in [1.165, 1.54) is 23.7 Å². The van der Waals surface area contributed by atoms with Crippen LogP contribution in [0.1, 0.15) is 12.8 Å². The number of halogens is 4. The highest BCUT2D eigenvalue weighted by Gasteiger charge is 2.30. The number of carbonyl (C=O) groups excluding carboxylic acids is 1. The molecule has 0 atom stereocenters. The van der Waals surface area contributed by atoms with Gasteiger partial charge < -0.3 is 10.6 Å². The number of amides is 1. The number of rotatable bonds is 7. The standard InChI is InChI=1S/C26H21F4N5O3S2/c27-16-1-2-17(28)20(13-16)40(37,38)34-19-4-3-18(29)21(22(19)30)23-24(14-5-9-32-10-6-14)39-26(33-23)35-11-7-15(8-12-35)25(31)36/h1-6,9-10,13,15,34H,7-8,11-12H2,(H2,31,36). The molecule has 2 aromatic carbocycles. The van der Waals surface area contributed by atoms with E-state index in [2.05, 4.69) is 9.97 Å². The van der Waals surface area contributed by atoms with Crippen LogP contribution in [0.4, 0.5) is 28.4 Å². The maximum Gasteiger partial charge on any atom is 0.265 e. The Labute approximate surface area is 230 Å². The van der Waals surface area contributed by atoms with Crippen LogP contribution in [0.3, 0.4) is 0 Å². The van der Waals surface area contributed by atoms with Crippen molar-refractivity contribution in [2.75, 3.05) is 22.7 Å². The van der Waals surface area contributed by atoms with Gasteiger partial charge in [-0.1, -0.05) is 11.3 Å². The molecule has 14 heteroatoms. The summed E-state index contributed by atoms with van der Waals surface area (Å²) in [6.45, 7) is 0.890. The zero-order valence-electron chi connectivity index (χ0n) is 20.6. The van der Waals surface area contributed by atoms with Crippen molar-refractivity contribution in [3.63, 3.8) is 0 Å². The summed E-state index contributed by atoms with van der Waals surface area (Å²) in [5.41, 5.74) is 4.61. The molecule has 0 spiro atoms. The molecule has 1 aliphatic rings. The molecule has 0 bridgehead atoms.